The largest absolute Gasteiger partial charge is 5.00 e. The first kappa shape index (κ1) is 49.2. The van der Waals surface area contributed by atoms with Crippen LogP contribution in [-0.2, 0) is 84.6 Å². The zero-order chi connectivity index (χ0) is 39.5. The van der Waals surface area contributed by atoms with E-state index in [1.54, 1.807) is 37.6 Å². The molecule has 0 fully saturated rings. The maximum Gasteiger partial charge on any atom is 5.00 e. The molecule has 0 atom stereocenters. The molecule has 1 N–H and O–H groups in total. The number of fused-ring (bicyclic) bond motifs is 1. The topological polar surface area (TPSA) is 163 Å². The molecule has 0 unspecified atom stereocenters. The van der Waals surface area contributed by atoms with Crippen molar-refractivity contribution in [1.29, 1.82) is 0 Å². The zero-order valence-corrected chi connectivity index (χ0v) is 34.5. The third kappa shape index (κ3) is 13.1. The number of benzene rings is 2. The Morgan fingerprint density at radius 2 is 1.29 bits per heavy atom. The van der Waals surface area contributed by atoms with Gasteiger partial charge in [0.1, 0.15) is 23.0 Å². The molecule has 0 aliphatic carbocycles. The van der Waals surface area contributed by atoms with Crippen LogP contribution in [0, 0.1) is 7.43 Å². The van der Waals surface area contributed by atoms with E-state index in [4.69, 9.17) is 23.8 Å². The van der Waals surface area contributed by atoms with Crippen LogP contribution in [0.3, 0.4) is 0 Å². The number of carbonyl (C=O) groups excluding carboxylic acids is 3. The van der Waals surface area contributed by atoms with Gasteiger partial charge in [0.25, 0.3) is 11.5 Å². The fraction of sp³-hybridized carbons (Fsp3) is 0.375. The number of para-hydroxylation sites is 1. The fourth-order valence-electron chi connectivity index (χ4n) is 5.82. The first-order valence-corrected chi connectivity index (χ1v) is 17.4. The number of pyridine rings is 1. The van der Waals surface area contributed by atoms with Crippen LogP contribution in [0.2, 0.25) is 0 Å². The summed E-state index contributed by atoms with van der Waals surface area (Å²) in [5.74, 6) is 1.07. The van der Waals surface area contributed by atoms with Crippen LogP contribution in [-0.4, -0.2) is 106 Å². The van der Waals surface area contributed by atoms with E-state index in [1.165, 1.54) is 9.47 Å². The molecule has 1 amide bonds. The molecule has 5 rings (SSSR count). The van der Waals surface area contributed by atoms with Crippen LogP contribution < -0.4 is 10.5 Å². The van der Waals surface area contributed by atoms with Crippen molar-refractivity contribution in [3.8, 4) is 5.75 Å². The summed E-state index contributed by atoms with van der Waals surface area (Å²) in [5.41, 5.74) is 1.21. The van der Waals surface area contributed by atoms with Gasteiger partial charge >= 0.3 is 20.1 Å². The second-order valence-electron chi connectivity index (χ2n) is 12.0. The molecule has 2 aromatic carbocycles. The van der Waals surface area contributed by atoms with E-state index in [0.29, 0.717) is 75.7 Å². The van der Waals surface area contributed by atoms with Crippen LogP contribution in [0.5, 0.6) is 5.75 Å². The second kappa shape index (κ2) is 26.1. The van der Waals surface area contributed by atoms with Crippen molar-refractivity contribution < 1.29 is 53.8 Å². The SMILES string of the molecule is CCc1cccc2c1c(O)c(C(=O)N(CCOCCOCCOCCN(Cc1nccn1C)Cc1nccn1C)c1ccccc1)c(=O)n2C.[99Tc+5].[CH-]=O.[CH-]=O.[CH3-]. The van der Waals surface area contributed by atoms with E-state index in [9.17, 15) is 14.7 Å². The molecule has 3 heterocycles. The summed E-state index contributed by atoms with van der Waals surface area (Å²) < 4.78 is 22.8. The normalized spacial score (nSPS) is 10.4. The standard InChI is InChI=1S/C37H47N7O6.2CHO.CH3.Tc/c1-5-28-10-9-13-30-33(28)35(45)34(36(46)42(30)4)37(47)44(29-11-7-6-8-12-29)19-21-49-23-25-50-24-22-48-20-18-43(26-31-38-14-16-40(31)2)27-32-39-15-17-41(32)3;2*1-2;;/h6-17,45H,5,18-27H2,1-4H3;2*1H;1H3;/q;3*-1;+5/i;;;;1+1. The van der Waals surface area contributed by atoms with Gasteiger partial charge in [-0.15, -0.1) is 0 Å². The van der Waals surface area contributed by atoms with Crippen molar-refractivity contribution in [3.63, 3.8) is 0 Å². The number of hydrogen-bond acceptors (Lipinski definition) is 11. The predicted octanol–water partition coefficient (Wildman–Crippen LogP) is 3.57. The maximum atomic E-state index is 14.0. The van der Waals surface area contributed by atoms with Crippen molar-refractivity contribution >= 4 is 36.1 Å². The first-order chi connectivity index (χ1) is 26.3. The first-order valence-electron chi connectivity index (χ1n) is 17.4. The third-order valence-corrected chi connectivity index (χ3v) is 8.72. The van der Waals surface area contributed by atoms with Gasteiger partial charge in [-0.25, -0.2) is 9.97 Å². The Hall–Kier alpha value is -4.83. The maximum absolute atomic E-state index is 14.0. The Labute approximate surface area is 342 Å². The van der Waals surface area contributed by atoms with Gasteiger partial charge in [-0.2, -0.15) is 0 Å². The number of aromatic hydroxyl groups is 1. The zero-order valence-electron chi connectivity index (χ0n) is 32.7. The molecule has 0 bridgehead atoms. The van der Waals surface area contributed by atoms with Crippen molar-refractivity contribution in [2.24, 2.45) is 21.1 Å². The van der Waals surface area contributed by atoms with Crippen molar-refractivity contribution in [1.82, 2.24) is 28.6 Å². The molecule has 0 aliphatic rings. The molecular weight excluding hydrogens is 805 g/mol. The summed E-state index contributed by atoms with van der Waals surface area (Å²) in [6, 6.07) is 14.6. The average Bonchev–Trinajstić information content (AvgIpc) is 3.81. The van der Waals surface area contributed by atoms with Crippen molar-refractivity contribution in [3.05, 3.63) is 114 Å². The summed E-state index contributed by atoms with van der Waals surface area (Å²) in [6.07, 6.45) is 8.11. The summed E-state index contributed by atoms with van der Waals surface area (Å²) in [4.78, 5) is 55.5. The van der Waals surface area contributed by atoms with Crippen LogP contribution in [0.25, 0.3) is 10.9 Å². The van der Waals surface area contributed by atoms with Gasteiger partial charge in [0.2, 0.25) is 0 Å². The number of anilines is 1. The molecule has 16 heteroatoms. The van der Waals surface area contributed by atoms with Gasteiger partial charge in [0.15, 0.2) is 0 Å². The summed E-state index contributed by atoms with van der Waals surface area (Å²) in [6.45, 7) is 13.0. The molecule has 15 nitrogen and oxygen atoms in total. The molecule has 0 radical (unpaired) electrons. The Bertz CT molecular complexity index is 1910. The molecule has 0 spiro atoms. The number of hydrogen-bond donors (Lipinski definition) is 1. The predicted molar refractivity (Wildman–Crippen MR) is 211 cm³/mol. The minimum atomic E-state index is -0.586. The van der Waals surface area contributed by atoms with E-state index >= 15 is 0 Å². The number of aryl methyl sites for hydroxylation is 4. The van der Waals surface area contributed by atoms with Crippen LogP contribution in [0.15, 0.2) is 78.1 Å². The Morgan fingerprint density at radius 3 is 1.79 bits per heavy atom. The van der Waals surface area contributed by atoms with Gasteiger partial charge in [0, 0.05) is 70.1 Å². The summed E-state index contributed by atoms with van der Waals surface area (Å²) in [7, 11) is 5.59. The molecule has 300 valence electrons. The second-order valence-corrected chi connectivity index (χ2v) is 12.0. The Morgan fingerprint density at radius 1 is 0.768 bits per heavy atom. The van der Waals surface area contributed by atoms with Crippen LogP contribution in [0.1, 0.15) is 34.5 Å². The van der Waals surface area contributed by atoms with E-state index in [2.05, 4.69) is 28.4 Å². The monoisotopic (exact) mass is 857 g/mol. The summed E-state index contributed by atoms with van der Waals surface area (Å²) >= 11 is 0. The van der Waals surface area contributed by atoms with E-state index < -0.39 is 11.5 Å². The number of ether oxygens (including phenoxy) is 3. The van der Waals surface area contributed by atoms with Gasteiger partial charge in [-0.3, -0.25) is 28.1 Å². The van der Waals surface area contributed by atoms with Gasteiger partial charge in [0.05, 0.1) is 58.2 Å². The fourth-order valence-corrected chi connectivity index (χ4v) is 5.82. The van der Waals surface area contributed by atoms with Gasteiger partial charge in [-0.05, 0) is 30.2 Å². The molecule has 0 aliphatic heterocycles. The molecule has 0 saturated heterocycles. The Balaban J connectivity index is 0.00000253. The quantitative estimate of drug-likeness (QED) is 0.0735. The van der Waals surface area contributed by atoms with Crippen LogP contribution >= 0.6 is 0 Å². The van der Waals surface area contributed by atoms with Gasteiger partial charge in [-0.1, -0.05) is 37.3 Å². The minimum Gasteiger partial charge on any atom is -0.545 e. The number of aromatic nitrogens is 5. The van der Waals surface area contributed by atoms with E-state index in [1.807, 2.05) is 72.9 Å². The number of imidazole rings is 2. The molecule has 5 aromatic rings. The average molecular weight is 858 g/mol. The number of amides is 1. The van der Waals surface area contributed by atoms with E-state index in [0.717, 1.165) is 17.2 Å². The Kier molecular flexibility index (Phi) is 22.9. The van der Waals surface area contributed by atoms with Gasteiger partial charge < -0.3 is 54.9 Å². The number of carbonyl (C=O) groups is 1. The number of nitrogens with zero attached hydrogens (tertiary/aromatic N) is 7. The minimum absolute atomic E-state index is 0. The molecular formula is C40H52N7O8Tc+2. The third-order valence-electron chi connectivity index (χ3n) is 8.72. The van der Waals surface area contributed by atoms with E-state index in [-0.39, 0.29) is 52.0 Å². The number of rotatable bonds is 19. The van der Waals surface area contributed by atoms with Crippen molar-refractivity contribution in [2.75, 3.05) is 57.6 Å². The molecule has 3 aromatic heterocycles. The molecule has 0 saturated carbocycles. The van der Waals surface area contributed by atoms with Crippen molar-refractivity contribution in [2.45, 2.75) is 26.4 Å². The summed E-state index contributed by atoms with van der Waals surface area (Å²) in [5, 5.41) is 11.8. The smallest absolute Gasteiger partial charge is 0.545 e. The molecule has 56 heavy (non-hydrogen) atoms. The van der Waals surface area contributed by atoms with Crippen LogP contribution in [0.4, 0.5) is 5.69 Å².